The van der Waals surface area contributed by atoms with Gasteiger partial charge in [0, 0.05) is 19.2 Å². The van der Waals surface area contributed by atoms with Crippen LogP contribution in [0.25, 0.3) is 0 Å². The van der Waals surface area contributed by atoms with Crippen LogP contribution in [-0.4, -0.2) is 19.2 Å². The average Bonchev–Trinajstić information content (AvgIpc) is 2.45. The van der Waals surface area contributed by atoms with Crippen LogP contribution in [0.1, 0.15) is 64.5 Å². The van der Waals surface area contributed by atoms with Crippen LogP contribution in [0.15, 0.2) is 24.3 Å². The van der Waals surface area contributed by atoms with Crippen LogP contribution in [0.5, 0.6) is 0 Å². The van der Waals surface area contributed by atoms with Crippen LogP contribution < -0.4 is 5.32 Å². The van der Waals surface area contributed by atoms with E-state index in [1.54, 1.807) is 12.1 Å². The van der Waals surface area contributed by atoms with Gasteiger partial charge in [-0.25, -0.2) is 4.39 Å². The van der Waals surface area contributed by atoms with E-state index >= 15 is 0 Å². The van der Waals surface area contributed by atoms with Crippen LogP contribution in [0.2, 0.25) is 0 Å². The first-order valence-electron chi connectivity index (χ1n) is 8.24. The van der Waals surface area contributed by atoms with Crippen LogP contribution in [0.4, 0.5) is 4.39 Å². The number of nitrogens with one attached hydrogen (secondary N) is 1. The molecule has 3 heteroatoms. The smallest absolute Gasteiger partial charge is 0.123 e. The molecule has 0 aliphatic rings. The van der Waals surface area contributed by atoms with Gasteiger partial charge in [-0.1, -0.05) is 58.6 Å². The molecule has 0 aromatic heterocycles. The molecule has 2 nitrogen and oxygen atoms in total. The van der Waals surface area contributed by atoms with Crippen molar-refractivity contribution in [3.05, 3.63) is 35.6 Å². The number of benzene rings is 1. The normalized spacial score (nSPS) is 12.8. The minimum Gasteiger partial charge on any atom is -0.372 e. The van der Waals surface area contributed by atoms with Crippen molar-refractivity contribution < 1.29 is 9.13 Å². The minimum absolute atomic E-state index is 0.0747. The molecule has 0 aliphatic heterocycles. The fourth-order valence-electron chi connectivity index (χ4n) is 2.25. The lowest BCUT2D eigenvalue weighted by molar-refractivity contribution is 0.0484. The fourth-order valence-corrected chi connectivity index (χ4v) is 2.25. The third-order valence-electron chi connectivity index (χ3n) is 3.50. The van der Waals surface area contributed by atoms with Crippen molar-refractivity contribution in [2.24, 2.45) is 0 Å². The first kappa shape index (κ1) is 18.1. The second-order valence-electron chi connectivity index (χ2n) is 5.89. The van der Waals surface area contributed by atoms with Gasteiger partial charge >= 0.3 is 0 Å². The van der Waals surface area contributed by atoms with Gasteiger partial charge in [-0.05, 0) is 24.1 Å². The van der Waals surface area contributed by atoms with Gasteiger partial charge < -0.3 is 10.1 Å². The molecule has 1 aromatic carbocycles. The summed E-state index contributed by atoms with van der Waals surface area (Å²) in [5, 5.41) is 3.38. The van der Waals surface area contributed by atoms with Crippen LogP contribution in [0.3, 0.4) is 0 Å². The maximum Gasteiger partial charge on any atom is 0.123 e. The second-order valence-corrected chi connectivity index (χ2v) is 5.89. The van der Waals surface area contributed by atoms with Gasteiger partial charge in [0.05, 0.1) is 6.10 Å². The highest BCUT2D eigenvalue weighted by molar-refractivity contribution is 5.19. The number of hydrogen-bond donors (Lipinski definition) is 1. The highest BCUT2D eigenvalue weighted by atomic mass is 19.1. The van der Waals surface area contributed by atoms with Gasteiger partial charge in [0.2, 0.25) is 0 Å². The summed E-state index contributed by atoms with van der Waals surface area (Å²) >= 11 is 0. The van der Waals surface area contributed by atoms with Crippen LogP contribution >= 0.6 is 0 Å². The Labute approximate surface area is 129 Å². The number of unbranched alkanes of at least 4 members (excludes halogenated alkanes) is 4. The Morgan fingerprint density at radius 1 is 1.14 bits per heavy atom. The Kier molecular flexibility index (Phi) is 9.27. The van der Waals surface area contributed by atoms with E-state index in [0.717, 1.165) is 25.1 Å². The van der Waals surface area contributed by atoms with Crippen molar-refractivity contribution in [3.8, 4) is 0 Å². The van der Waals surface area contributed by atoms with Crippen molar-refractivity contribution in [1.29, 1.82) is 0 Å². The number of rotatable bonds is 11. The van der Waals surface area contributed by atoms with Crippen molar-refractivity contribution in [1.82, 2.24) is 5.32 Å². The summed E-state index contributed by atoms with van der Waals surface area (Å²) in [5.74, 6) is -0.200. The fraction of sp³-hybridized carbons (Fsp3) is 0.667. The molecule has 1 unspecified atom stereocenters. The quantitative estimate of drug-likeness (QED) is 0.589. The third-order valence-corrected chi connectivity index (χ3v) is 3.50. The summed E-state index contributed by atoms with van der Waals surface area (Å²) in [7, 11) is 0. The molecule has 1 rings (SSSR count). The molecule has 0 heterocycles. The minimum atomic E-state index is -0.200. The molecule has 1 N–H and O–H groups in total. The highest BCUT2D eigenvalue weighted by Crippen LogP contribution is 2.18. The molecule has 0 saturated carbocycles. The molecule has 1 aromatic rings. The van der Waals surface area contributed by atoms with E-state index in [9.17, 15) is 4.39 Å². The lowest BCUT2D eigenvalue weighted by atomic mass is 10.1. The zero-order valence-electron chi connectivity index (χ0n) is 13.7. The summed E-state index contributed by atoms with van der Waals surface area (Å²) < 4.78 is 19.4. The second kappa shape index (κ2) is 10.7. The number of halogens is 1. The van der Waals surface area contributed by atoms with Gasteiger partial charge in [-0.3, -0.25) is 0 Å². The Balaban J connectivity index is 2.45. The lowest BCUT2D eigenvalue weighted by Crippen LogP contribution is -2.29. The standard InChI is InChI=1S/C18H30FNO/c1-4-5-6-7-8-12-21-18(14-20-15(2)3)16-10-9-11-17(19)13-16/h9-11,13,15,18,20H,4-8,12,14H2,1-3H3. The van der Waals surface area contributed by atoms with E-state index in [-0.39, 0.29) is 11.9 Å². The van der Waals surface area contributed by atoms with Gasteiger partial charge in [0.1, 0.15) is 5.82 Å². The molecule has 0 amide bonds. The van der Waals surface area contributed by atoms with Gasteiger partial charge in [0.15, 0.2) is 0 Å². The molecular formula is C18H30FNO. The maximum atomic E-state index is 13.4. The zero-order valence-corrected chi connectivity index (χ0v) is 13.7. The Hall–Kier alpha value is -0.930. The molecule has 120 valence electrons. The topological polar surface area (TPSA) is 21.3 Å². The monoisotopic (exact) mass is 295 g/mol. The summed E-state index contributed by atoms with van der Waals surface area (Å²) in [6, 6.07) is 7.13. The molecule has 0 aliphatic carbocycles. The zero-order chi connectivity index (χ0) is 15.5. The summed E-state index contributed by atoms with van der Waals surface area (Å²) in [6.07, 6.45) is 6.03. The summed E-state index contributed by atoms with van der Waals surface area (Å²) in [6.45, 7) is 7.88. The average molecular weight is 295 g/mol. The highest BCUT2D eigenvalue weighted by Gasteiger charge is 2.13. The van der Waals surface area contributed by atoms with E-state index in [1.165, 1.54) is 31.7 Å². The van der Waals surface area contributed by atoms with Crippen LogP contribution in [0, 0.1) is 5.82 Å². The van der Waals surface area contributed by atoms with E-state index in [4.69, 9.17) is 4.74 Å². The van der Waals surface area contributed by atoms with E-state index in [0.29, 0.717) is 6.04 Å². The maximum absolute atomic E-state index is 13.4. The Bertz CT molecular complexity index is 381. The Morgan fingerprint density at radius 2 is 1.90 bits per heavy atom. The molecule has 0 spiro atoms. The van der Waals surface area contributed by atoms with Gasteiger partial charge in [-0.2, -0.15) is 0 Å². The van der Waals surface area contributed by atoms with Crippen molar-refractivity contribution in [2.75, 3.05) is 13.2 Å². The number of ether oxygens (including phenoxy) is 1. The summed E-state index contributed by atoms with van der Waals surface area (Å²) in [4.78, 5) is 0. The number of hydrogen-bond acceptors (Lipinski definition) is 2. The molecule has 0 fully saturated rings. The molecule has 0 bridgehead atoms. The van der Waals surface area contributed by atoms with Crippen LogP contribution in [-0.2, 0) is 4.74 Å². The van der Waals surface area contributed by atoms with Crippen molar-refractivity contribution >= 4 is 0 Å². The lowest BCUT2D eigenvalue weighted by Gasteiger charge is -2.20. The predicted molar refractivity (Wildman–Crippen MR) is 87.0 cm³/mol. The van der Waals surface area contributed by atoms with Crippen molar-refractivity contribution in [3.63, 3.8) is 0 Å². The molecular weight excluding hydrogens is 265 g/mol. The Morgan fingerprint density at radius 3 is 2.57 bits per heavy atom. The van der Waals surface area contributed by atoms with Gasteiger partial charge in [-0.15, -0.1) is 0 Å². The molecule has 0 saturated heterocycles. The van der Waals surface area contributed by atoms with E-state index in [2.05, 4.69) is 26.1 Å². The SMILES string of the molecule is CCCCCCCOC(CNC(C)C)c1cccc(F)c1. The summed E-state index contributed by atoms with van der Waals surface area (Å²) in [5.41, 5.74) is 0.914. The first-order chi connectivity index (χ1) is 10.1. The largest absolute Gasteiger partial charge is 0.372 e. The predicted octanol–water partition coefficient (Wildman–Crippen LogP) is 4.85. The van der Waals surface area contributed by atoms with E-state index < -0.39 is 0 Å². The molecule has 0 radical (unpaired) electrons. The molecule has 1 atom stereocenters. The van der Waals surface area contributed by atoms with E-state index in [1.807, 2.05) is 6.07 Å². The van der Waals surface area contributed by atoms with Gasteiger partial charge in [0.25, 0.3) is 0 Å². The molecule has 21 heavy (non-hydrogen) atoms. The first-order valence-corrected chi connectivity index (χ1v) is 8.24. The third kappa shape index (κ3) is 8.18. The van der Waals surface area contributed by atoms with Crippen molar-refractivity contribution in [2.45, 2.75) is 65.0 Å².